The Hall–Kier alpha value is -14.9. The quantitative estimate of drug-likeness (QED) is 0.0159. The molecule has 10 rings (SSSR count). The number of carbonyl (C=O) groups is 6. The molecule has 0 aromatic heterocycles. The lowest BCUT2D eigenvalue weighted by Gasteiger charge is -2.06. The van der Waals surface area contributed by atoms with Crippen LogP contribution in [0.2, 0.25) is 0 Å². The molecule has 30 heteroatoms. The van der Waals surface area contributed by atoms with Crippen LogP contribution in [0.5, 0.6) is 115 Å². The first-order valence-corrected chi connectivity index (χ1v) is 28.5. The molecule has 102 heavy (non-hydrogen) atoms. The third kappa shape index (κ3) is 24.4. The van der Waals surface area contributed by atoms with Crippen LogP contribution in [0.15, 0.2) is 182 Å². The molecule has 10 aromatic carbocycles. The van der Waals surface area contributed by atoms with Crippen LogP contribution in [0.25, 0.3) is 4.85 Å². The molecule has 20 N–H and O–H groups in total. The van der Waals surface area contributed by atoms with E-state index in [4.69, 9.17) is 93.0 Å². The number of methoxy groups -OCH3 is 2. The lowest BCUT2D eigenvalue weighted by molar-refractivity contribution is 0.0523. The average molecular weight is 1410 g/mol. The summed E-state index contributed by atoms with van der Waals surface area (Å²) >= 11 is 0. The van der Waals surface area contributed by atoms with Gasteiger partial charge in [-0.25, -0.2) is 19.2 Å². The van der Waals surface area contributed by atoms with E-state index in [2.05, 4.69) is 14.3 Å². The fourth-order valence-corrected chi connectivity index (χ4v) is 7.32. The Bertz CT molecular complexity index is 4580. The summed E-state index contributed by atoms with van der Waals surface area (Å²) in [6.07, 6.45) is 0.596. The number of nitrogens with zero attached hydrogens (tertiary/aromatic N) is 1. The maximum atomic E-state index is 12.0. The summed E-state index contributed by atoms with van der Waals surface area (Å²) in [5.74, 6) is -10.4. The number of esters is 3. The molecule has 0 atom stereocenters. The minimum absolute atomic E-state index is 0.0179. The molecule has 10 aromatic rings. The number of hydrogen-bond donors (Lipinski definition) is 20. The van der Waals surface area contributed by atoms with E-state index in [1.54, 1.807) is 43.3 Å². The van der Waals surface area contributed by atoms with Gasteiger partial charge in [0.2, 0.25) is 11.5 Å². The highest BCUT2D eigenvalue weighted by molar-refractivity contribution is 6.12. The van der Waals surface area contributed by atoms with Crippen LogP contribution in [-0.2, 0) is 14.2 Å². The Labute approximate surface area is 577 Å². The number of aldehydes is 1. The van der Waals surface area contributed by atoms with Crippen LogP contribution in [0.4, 0.5) is 5.69 Å². The van der Waals surface area contributed by atoms with E-state index in [1.165, 1.54) is 123 Å². The zero-order valence-electron chi connectivity index (χ0n) is 53.7. The van der Waals surface area contributed by atoms with Crippen LogP contribution in [-0.4, -0.2) is 159 Å². The van der Waals surface area contributed by atoms with Crippen molar-refractivity contribution in [1.82, 2.24) is 0 Å². The molecular weight excluding hydrogens is 1340 g/mol. The predicted molar refractivity (Wildman–Crippen MR) is 360 cm³/mol. The van der Waals surface area contributed by atoms with E-state index in [1.807, 2.05) is 6.92 Å². The highest BCUT2D eigenvalue weighted by Crippen LogP contribution is 2.40. The fourth-order valence-electron chi connectivity index (χ4n) is 7.32. The maximum absolute atomic E-state index is 12.0. The molecule has 0 spiro atoms. The molecule has 0 amide bonds. The highest BCUT2D eigenvalue weighted by Gasteiger charge is 2.21. The zero-order valence-corrected chi connectivity index (χ0v) is 53.7. The molecule has 0 aliphatic carbocycles. The molecule has 0 bridgehead atoms. The molecule has 0 heterocycles. The van der Waals surface area contributed by atoms with Gasteiger partial charge in [-0.1, -0.05) is 42.5 Å². The number of hydrogen-bond acceptors (Lipinski definition) is 29. The molecule has 0 aliphatic rings. The Morgan fingerprint density at radius 1 is 0.353 bits per heavy atom. The van der Waals surface area contributed by atoms with Gasteiger partial charge in [-0.3, -0.25) is 14.4 Å². The summed E-state index contributed by atoms with van der Waals surface area (Å²) in [5.41, 5.74) is 2.44. The number of ketones is 2. The first-order valence-electron chi connectivity index (χ1n) is 28.5. The lowest BCUT2D eigenvalue weighted by Crippen LogP contribution is -2.03. The number of ether oxygens (including phenoxy) is 3. The topological polar surface area (TPSA) is 539 Å². The summed E-state index contributed by atoms with van der Waals surface area (Å²) in [5, 5.41) is 181. The van der Waals surface area contributed by atoms with E-state index < -0.39 is 81.2 Å². The molecule has 30 nitrogen and oxygen atoms in total. The van der Waals surface area contributed by atoms with Gasteiger partial charge in [0.1, 0.15) is 17.8 Å². The molecule has 0 fully saturated rings. The third-order valence-corrected chi connectivity index (χ3v) is 12.6. The van der Waals surface area contributed by atoms with Gasteiger partial charge in [0.25, 0.3) is 0 Å². The minimum Gasteiger partial charge on any atom is -0.508 e. The van der Waals surface area contributed by atoms with Crippen molar-refractivity contribution in [3.63, 3.8) is 0 Å². The molecule has 532 valence electrons. The van der Waals surface area contributed by atoms with Crippen LogP contribution in [0.1, 0.15) is 85.8 Å². The van der Waals surface area contributed by atoms with Crippen LogP contribution in [0, 0.1) is 13.5 Å². The second kappa shape index (κ2) is 39.2. The summed E-state index contributed by atoms with van der Waals surface area (Å²) in [4.78, 5) is 70.0. The van der Waals surface area contributed by atoms with E-state index in [0.717, 1.165) is 42.0 Å². The van der Waals surface area contributed by atoms with Gasteiger partial charge >= 0.3 is 17.9 Å². The lowest BCUT2D eigenvalue weighted by atomic mass is 10.0. The minimum atomic E-state index is -0.736. The number of carbonyl (C=O) groups excluding carboxylic acids is 6. The van der Waals surface area contributed by atoms with Crippen molar-refractivity contribution in [2.45, 2.75) is 13.8 Å². The number of aromatic hydroxyl groups is 20. The van der Waals surface area contributed by atoms with Crippen molar-refractivity contribution in [3.8, 4) is 115 Å². The van der Waals surface area contributed by atoms with Crippen molar-refractivity contribution in [2.24, 2.45) is 0 Å². The standard InChI is InChI=1S/C13H10O5.C13H10O4.C9H10O4.C8H8O5.C8H8O4.C7H5NO2.C7H6O3.C7H8O2/c14-8-3-1-7(2-4-8)11(16)9-5-6-10(15)13(18)12(9)17;14-10-7-6-9(12(16)13(10)17)11(15)8-4-2-1-3-5-8;1-2-13-9(12)6-3-4-7(10)8(11)5-6;1-13-8(12)4-2-5(9)7(11)6(10)3-4;1-12-8(11)5-2-3-6(9)7(10)4-5;1-8-5-2-3-6(9)7(10)4-5;8-4-5-1-2-6(9)7(10)3-5;1-5-2-3-6(8)7(9)4-5/h1-6,14-15,17-18H;1-7,14,16-17H;3-5,10-11H,2H2,1H3;2-3,9-11H,1H3;2-4,9-10H,1H3;2-4,9-10H;1-4,9-10H;2-4,8-9H,1H3. The molecular formula is C72H65NO29. The Morgan fingerprint density at radius 2 is 0.716 bits per heavy atom. The van der Waals surface area contributed by atoms with Crippen LogP contribution < -0.4 is 0 Å². The second-order valence-electron chi connectivity index (χ2n) is 19.8. The van der Waals surface area contributed by atoms with Crippen molar-refractivity contribution in [3.05, 3.63) is 243 Å². The van der Waals surface area contributed by atoms with Gasteiger partial charge in [0.05, 0.1) is 55.2 Å². The summed E-state index contributed by atoms with van der Waals surface area (Å²) < 4.78 is 13.4. The summed E-state index contributed by atoms with van der Waals surface area (Å²) in [6, 6.07) is 40.6. The molecule has 0 radical (unpaired) electrons. The number of phenols is 20. The van der Waals surface area contributed by atoms with Gasteiger partial charge in [-0.2, -0.15) is 0 Å². The second-order valence-corrected chi connectivity index (χ2v) is 19.8. The average Bonchev–Trinajstić information content (AvgIpc) is 0.822. The fraction of sp³-hybridized carbons (Fsp3) is 0.0694. The van der Waals surface area contributed by atoms with Crippen molar-refractivity contribution in [2.75, 3.05) is 20.8 Å². The molecule has 0 aliphatic heterocycles. The van der Waals surface area contributed by atoms with Gasteiger partial charge in [-0.05, 0) is 159 Å². The van der Waals surface area contributed by atoms with E-state index in [9.17, 15) is 49.2 Å². The third-order valence-electron chi connectivity index (χ3n) is 12.6. The molecule has 0 unspecified atom stereocenters. The first-order chi connectivity index (χ1) is 48.1. The van der Waals surface area contributed by atoms with Gasteiger partial charge in [0, 0.05) is 16.7 Å². The number of aryl methyl sites for hydroxylation is 1. The Balaban J connectivity index is 0.000000306. The van der Waals surface area contributed by atoms with Crippen LogP contribution >= 0.6 is 0 Å². The smallest absolute Gasteiger partial charge is 0.338 e. The normalized spacial score (nSPS) is 9.64. The summed E-state index contributed by atoms with van der Waals surface area (Å²) in [7, 11) is 2.41. The van der Waals surface area contributed by atoms with Crippen molar-refractivity contribution >= 4 is 41.4 Å². The SMILES string of the molecule is CCOC(=O)c1ccc(O)c(O)c1.COC(=O)c1cc(O)c(O)c(O)c1.COC(=O)c1ccc(O)c(O)c1.Cc1ccc(O)c(O)c1.O=C(c1ccc(O)cc1)c1ccc(O)c(O)c1O.O=C(c1ccccc1)c1ccc(O)c(O)c1O.O=Cc1ccc(O)c(O)c1.[C-]#[N+]c1ccc(O)c(O)c1. The Kier molecular flexibility index (Phi) is 31.3. The van der Waals surface area contributed by atoms with E-state index in [0.29, 0.717) is 23.1 Å². The zero-order chi connectivity index (χ0) is 76.7. The monoisotopic (exact) mass is 1410 g/mol. The first kappa shape index (κ1) is 81.3. The number of phenolic OH excluding ortho intramolecular Hbond substituents is 20. The van der Waals surface area contributed by atoms with Crippen molar-refractivity contribution in [1.29, 1.82) is 0 Å². The predicted octanol–water partition coefficient (Wildman–Crippen LogP) is 10.5. The van der Waals surface area contributed by atoms with Gasteiger partial charge in [0.15, 0.2) is 109 Å². The molecule has 0 saturated heterocycles. The maximum Gasteiger partial charge on any atom is 0.338 e. The van der Waals surface area contributed by atoms with Crippen LogP contribution in [0.3, 0.4) is 0 Å². The van der Waals surface area contributed by atoms with Crippen molar-refractivity contribution < 1.29 is 145 Å². The number of benzene rings is 10. The van der Waals surface area contributed by atoms with E-state index in [-0.39, 0.29) is 103 Å². The highest BCUT2D eigenvalue weighted by atomic mass is 16.5. The van der Waals surface area contributed by atoms with Gasteiger partial charge in [-0.15, -0.1) is 0 Å². The largest absolute Gasteiger partial charge is 0.508 e. The van der Waals surface area contributed by atoms with Gasteiger partial charge < -0.3 is 116 Å². The van der Waals surface area contributed by atoms with E-state index >= 15 is 0 Å². The number of rotatable bonds is 9. The Morgan fingerprint density at radius 3 is 1.11 bits per heavy atom. The molecule has 0 saturated carbocycles. The summed E-state index contributed by atoms with van der Waals surface area (Å²) in [6.45, 7) is 10.4.